The van der Waals surface area contributed by atoms with Gasteiger partial charge in [-0.05, 0) is 38.6 Å². The minimum absolute atomic E-state index is 0.206. The Hall–Kier alpha value is -0.610. The summed E-state index contributed by atoms with van der Waals surface area (Å²) in [5.41, 5.74) is 0. The van der Waals surface area contributed by atoms with E-state index in [1.807, 2.05) is 0 Å². The highest BCUT2D eigenvalue weighted by molar-refractivity contribution is 5.69. The van der Waals surface area contributed by atoms with Crippen LogP contribution in [-0.2, 0) is 4.79 Å². The van der Waals surface area contributed by atoms with Crippen molar-refractivity contribution in [2.75, 3.05) is 13.1 Å². The number of carboxylic acid groups (broad SMARTS) is 1. The van der Waals surface area contributed by atoms with Gasteiger partial charge in [0.2, 0.25) is 0 Å². The first-order chi connectivity index (χ1) is 7.69. The normalized spacial score (nSPS) is 33.2. The molecule has 2 unspecified atom stereocenters. The van der Waals surface area contributed by atoms with Crippen LogP contribution >= 0.6 is 0 Å². The quantitative estimate of drug-likeness (QED) is 0.736. The lowest BCUT2D eigenvalue weighted by atomic mass is 9.98. The summed E-state index contributed by atoms with van der Waals surface area (Å²) in [6, 6.07) is 1.75. The summed E-state index contributed by atoms with van der Waals surface area (Å²) < 4.78 is 0. The van der Waals surface area contributed by atoms with Gasteiger partial charge in [-0.25, -0.2) is 0 Å². The second kappa shape index (κ2) is 5.15. The molecule has 2 rings (SSSR count). The van der Waals surface area contributed by atoms with E-state index in [4.69, 9.17) is 5.11 Å². The molecule has 2 saturated heterocycles. The number of aliphatic carboxylic acids is 1. The minimum Gasteiger partial charge on any atom is -0.480 e. The number of piperidine rings is 1. The topological polar surface area (TPSA) is 52.6 Å². The first kappa shape index (κ1) is 11.9. The van der Waals surface area contributed by atoms with Gasteiger partial charge in [-0.1, -0.05) is 6.92 Å². The van der Waals surface area contributed by atoms with Gasteiger partial charge < -0.3 is 10.4 Å². The summed E-state index contributed by atoms with van der Waals surface area (Å²) in [6.45, 7) is 3.24. The zero-order valence-corrected chi connectivity index (χ0v) is 9.98. The third-order valence-electron chi connectivity index (χ3n) is 3.81. The number of hydrogen-bond donors (Lipinski definition) is 2. The molecule has 0 aromatic heterocycles. The van der Waals surface area contributed by atoms with E-state index in [0.29, 0.717) is 18.1 Å². The largest absolute Gasteiger partial charge is 0.480 e. The van der Waals surface area contributed by atoms with Crippen LogP contribution < -0.4 is 5.32 Å². The van der Waals surface area contributed by atoms with Gasteiger partial charge in [-0.3, -0.25) is 9.69 Å². The molecule has 0 aromatic rings. The third-order valence-corrected chi connectivity index (χ3v) is 3.81. The number of carboxylic acids is 1. The molecule has 2 fully saturated rings. The molecular formula is C12H22N2O2. The van der Waals surface area contributed by atoms with Gasteiger partial charge in [0, 0.05) is 18.1 Å². The lowest BCUT2D eigenvalue weighted by molar-refractivity contribution is -0.139. The summed E-state index contributed by atoms with van der Waals surface area (Å²) in [5.74, 6) is -0.695. The maximum Gasteiger partial charge on any atom is 0.317 e. The summed E-state index contributed by atoms with van der Waals surface area (Å²) in [6.07, 6.45) is 5.84. The van der Waals surface area contributed by atoms with Crippen LogP contribution in [0.5, 0.6) is 0 Å². The molecule has 0 amide bonds. The van der Waals surface area contributed by atoms with Crippen molar-refractivity contribution in [1.29, 1.82) is 0 Å². The molecule has 0 radical (unpaired) electrons. The van der Waals surface area contributed by atoms with E-state index in [-0.39, 0.29) is 6.54 Å². The molecule has 4 nitrogen and oxygen atoms in total. The Morgan fingerprint density at radius 2 is 2.00 bits per heavy atom. The molecule has 0 spiro atoms. The Labute approximate surface area is 97.0 Å². The molecule has 4 heteroatoms. The smallest absolute Gasteiger partial charge is 0.317 e. The van der Waals surface area contributed by atoms with Crippen LogP contribution in [0.3, 0.4) is 0 Å². The van der Waals surface area contributed by atoms with Crippen molar-refractivity contribution in [2.45, 2.75) is 57.2 Å². The Kier molecular flexibility index (Phi) is 3.82. The number of nitrogens with one attached hydrogen (secondary N) is 1. The Bertz CT molecular complexity index is 245. The predicted octanol–water partition coefficient (Wildman–Crippen LogP) is 1.07. The van der Waals surface area contributed by atoms with Crippen molar-refractivity contribution >= 4 is 5.97 Å². The number of nitrogens with zero attached hydrogens (tertiary/aromatic N) is 1. The molecule has 16 heavy (non-hydrogen) atoms. The summed E-state index contributed by atoms with van der Waals surface area (Å²) in [5, 5.41) is 12.5. The number of hydrogen-bond acceptors (Lipinski definition) is 3. The summed E-state index contributed by atoms with van der Waals surface area (Å²) >= 11 is 0. The Morgan fingerprint density at radius 1 is 1.38 bits per heavy atom. The lowest BCUT2D eigenvalue weighted by Crippen LogP contribution is -2.49. The van der Waals surface area contributed by atoms with E-state index in [1.165, 1.54) is 12.8 Å². The maximum atomic E-state index is 10.8. The lowest BCUT2D eigenvalue weighted by Gasteiger charge is -2.36. The van der Waals surface area contributed by atoms with Gasteiger partial charge in [0.15, 0.2) is 0 Å². The second-order valence-electron chi connectivity index (χ2n) is 5.13. The van der Waals surface area contributed by atoms with Crippen LogP contribution in [0.4, 0.5) is 0 Å². The van der Waals surface area contributed by atoms with E-state index in [0.717, 1.165) is 25.8 Å². The Balaban J connectivity index is 1.94. The molecule has 2 aliphatic heterocycles. The first-order valence-electron chi connectivity index (χ1n) is 6.41. The average Bonchev–Trinajstić information content (AvgIpc) is 2.56. The number of rotatable bonds is 5. The van der Waals surface area contributed by atoms with Crippen LogP contribution in [0.15, 0.2) is 0 Å². The standard InChI is InChI=1S/C12H22N2O2/c1-2-5-14(8-12(15)16)11-6-9-3-4-10(7-11)13-9/h9-11,13H,2-8H2,1H3,(H,15,16). The van der Waals surface area contributed by atoms with Gasteiger partial charge in [-0.2, -0.15) is 0 Å². The van der Waals surface area contributed by atoms with Crippen LogP contribution in [-0.4, -0.2) is 47.2 Å². The highest BCUT2D eigenvalue weighted by atomic mass is 16.4. The van der Waals surface area contributed by atoms with E-state index in [2.05, 4.69) is 17.1 Å². The minimum atomic E-state index is -0.695. The molecular weight excluding hydrogens is 204 g/mol. The molecule has 0 aliphatic carbocycles. The molecule has 2 heterocycles. The van der Waals surface area contributed by atoms with E-state index >= 15 is 0 Å². The van der Waals surface area contributed by atoms with Crippen molar-refractivity contribution in [3.05, 3.63) is 0 Å². The average molecular weight is 226 g/mol. The van der Waals surface area contributed by atoms with Crippen LogP contribution in [0.2, 0.25) is 0 Å². The van der Waals surface area contributed by atoms with E-state index < -0.39 is 5.97 Å². The number of fused-ring (bicyclic) bond motifs is 2. The fourth-order valence-corrected chi connectivity index (χ4v) is 3.18. The van der Waals surface area contributed by atoms with Crippen LogP contribution in [0.1, 0.15) is 39.0 Å². The third kappa shape index (κ3) is 2.74. The van der Waals surface area contributed by atoms with Gasteiger partial charge >= 0.3 is 5.97 Å². The molecule has 92 valence electrons. The zero-order chi connectivity index (χ0) is 11.5. The highest BCUT2D eigenvalue weighted by Gasteiger charge is 2.36. The first-order valence-corrected chi connectivity index (χ1v) is 6.41. The molecule has 2 bridgehead atoms. The van der Waals surface area contributed by atoms with E-state index in [1.54, 1.807) is 0 Å². The van der Waals surface area contributed by atoms with Crippen molar-refractivity contribution in [2.24, 2.45) is 0 Å². The molecule has 0 aromatic carbocycles. The highest BCUT2D eigenvalue weighted by Crippen LogP contribution is 2.29. The Morgan fingerprint density at radius 3 is 2.50 bits per heavy atom. The molecule has 2 N–H and O–H groups in total. The predicted molar refractivity (Wildman–Crippen MR) is 62.5 cm³/mol. The SMILES string of the molecule is CCCN(CC(=O)O)C1CC2CCC(C1)N2. The second-order valence-corrected chi connectivity index (χ2v) is 5.13. The summed E-state index contributed by atoms with van der Waals surface area (Å²) in [4.78, 5) is 13.0. The fraction of sp³-hybridized carbons (Fsp3) is 0.917. The maximum absolute atomic E-state index is 10.8. The van der Waals surface area contributed by atoms with E-state index in [9.17, 15) is 4.79 Å². The van der Waals surface area contributed by atoms with Crippen molar-refractivity contribution < 1.29 is 9.90 Å². The van der Waals surface area contributed by atoms with Gasteiger partial charge in [0.05, 0.1) is 6.54 Å². The van der Waals surface area contributed by atoms with Gasteiger partial charge in [0.25, 0.3) is 0 Å². The van der Waals surface area contributed by atoms with Crippen molar-refractivity contribution in [1.82, 2.24) is 10.2 Å². The zero-order valence-electron chi connectivity index (χ0n) is 9.98. The van der Waals surface area contributed by atoms with Crippen LogP contribution in [0.25, 0.3) is 0 Å². The monoisotopic (exact) mass is 226 g/mol. The van der Waals surface area contributed by atoms with Crippen LogP contribution in [0, 0.1) is 0 Å². The van der Waals surface area contributed by atoms with Crippen molar-refractivity contribution in [3.63, 3.8) is 0 Å². The molecule has 0 saturated carbocycles. The van der Waals surface area contributed by atoms with Gasteiger partial charge in [0.1, 0.15) is 0 Å². The molecule has 2 atom stereocenters. The summed E-state index contributed by atoms with van der Waals surface area (Å²) in [7, 11) is 0. The fourth-order valence-electron chi connectivity index (χ4n) is 3.18. The van der Waals surface area contributed by atoms with Gasteiger partial charge in [-0.15, -0.1) is 0 Å². The van der Waals surface area contributed by atoms with Crippen molar-refractivity contribution in [3.8, 4) is 0 Å². The molecule has 2 aliphatic rings. The number of carbonyl (C=O) groups is 1.